The third-order valence-corrected chi connectivity index (χ3v) is 5.55. The molecule has 1 nitrogen and oxygen atoms in total. The van der Waals surface area contributed by atoms with E-state index in [-0.39, 0.29) is 0 Å². The summed E-state index contributed by atoms with van der Waals surface area (Å²) < 4.78 is 5.86. The molecule has 0 radical (unpaired) electrons. The largest absolute Gasteiger partial charge is 0.369 e. The summed E-state index contributed by atoms with van der Waals surface area (Å²) in [7, 11) is 1.74. The molecule has 0 spiro atoms. The Balaban J connectivity index is 2.36. The number of methoxy groups -OCH3 is 1. The van der Waals surface area contributed by atoms with Crippen LogP contribution in [0.1, 0.15) is 18.1 Å². The number of thioether (sulfide) groups is 2. The number of hydrogen-bond acceptors (Lipinski definition) is 3. The second kappa shape index (κ2) is 7.40. The summed E-state index contributed by atoms with van der Waals surface area (Å²) in [6.07, 6.45) is 4.16. The molecule has 1 atom stereocenters. The van der Waals surface area contributed by atoms with Gasteiger partial charge in [0.1, 0.15) is 5.60 Å². The molecule has 2 aromatic rings. The first-order chi connectivity index (χ1) is 10.5. The molecular formula is C19H22OS2. The van der Waals surface area contributed by atoms with Crippen molar-refractivity contribution >= 4 is 29.1 Å². The molecule has 0 heterocycles. The first-order valence-corrected chi connectivity index (χ1v) is 9.53. The second-order valence-corrected chi connectivity index (χ2v) is 6.93. The van der Waals surface area contributed by atoms with Gasteiger partial charge in [-0.05, 0) is 60.4 Å². The van der Waals surface area contributed by atoms with E-state index in [1.807, 2.05) is 0 Å². The van der Waals surface area contributed by atoms with Crippen LogP contribution in [-0.4, -0.2) is 19.6 Å². The quantitative estimate of drug-likeness (QED) is 0.628. The van der Waals surface area contributed by atoms with Crippen molar-refractivity contribution in [2.45, 2.75) is 22.3 Å². The van der Waals surface area contributed by atoms with Gasteiger partial charge in [-0.3, -0.25) is 0 Å². The van der Waals surface area contributed by atoms with Gasteiger partial charge >= 0.3 is 0 Å². The molecule has 116 valence electrons. The lowest BCUT2D eigenvalue weighted by molar-refractivity contribution is 0.0557. The molecule has 0 saturated carbocycles. The maximum atomic E-state index is 5.86. The second-order valence-electron chi connectivity index (χ2n) is 5.17. The molecule has 2 rings (SSSR count). The monoisotopic (exact) mass is 330 g/mol. The van der Waals surface area contributed by atoms with Gasteiger partial charge in [-0.2, -0.15) is 0 Å². The zero-order valence-corrected chi connectivity index (χ0v) is 15.2. The topological polar surface area (TPSA) is 9.23 Å². The van der Waals surface area contributed by atoms with Gasteiger partial charge in [0.15, 0.2) is 0 Å². The van der Waals surface area contributed by atoms with Crippen molar-refractivity contribution in [2.75, 3.05) is 19.6 Å². The molecule has 0 aliphatic heterocycles. The summed E-state index contributed by atoms with van der Waals surface area (Å²) in [6, 6.07) is 17.0. The molecule has 0 amide bonds. The van der Waals surface area contributed by atoms with Gasteiger partial charge in [-0.1, -0.05) is 30.8 Å². The lowest BCUT2D eigenvalue weighted by atomic mass is 9.84. The van der Waals surface area contributed by atoms with Crippen molar-refractivity contribution < 1.29 is 4.74 Å². The van der Waals surface area contributed by atoms with Crippen LogP contribution in [0.2, 0.25) is 0 Å². The van der Waals surface area contributed by atoms with E-state index in [0.29, 0.717) is 0 Å². The Labute approximate surface area is 142 Å². The number of hydrogen-bond donors (Lipinski definition) is 0. The summed E-state index contributed by atoms with van der Waals surface area (Å²) in [6.45, 7) is 6.38. The third kappa shape index (κ3) is 3.43. The van der Waals surface area contributed by atoms with Crippen molar-refractivity contribution in [3.05, 3.63) is 66.2 Å². The molecule has 0 aliphatic rings. The highest BCUT2D eigenvalue weighted by molar-refractivity contribution is 7.98. The molecule has 0 N–H and O–H groups in total. The first-order valence-electron chi connectivity index (χ1n) is 7.08. The average molecular weight is 331 g/mol. The van der Waals surface area contributed by atoms with E-state index in [1.165, 1.54) is 9.79 Å². The molecular weight excluding hydrogens is 308 g/mol. The molecule has 0 saturated heterocycles. The van der Waals surface area contributed by atoms with Gasteiger partial charge in [0.05, 0.1) is 0 Å². The van der Waals surface area contributed by atoms with Crippen LogP contribution in [-0.2, 0) is 10.3 Å². The Kier molecular flexibility index (Phi) is 5.79. The van der Waals surface area contributed by atoms with E-state index in [0.717, 1.165) is 16.7 Å². The van der Waals surface area contributed by atoms with Gasteiger partial charge in [0.2, 0.25) is 0 Å². The molecule has 1 unspecified atom stereocenters. The van der Waals surface area contributed by atoms with E-state index < -0.39 is 5.60 Å². The predicted molar refractivity (Wildman–Crippen MR) is 99.8 cm³/mol. The van der Waals surface area contributed by atoms with E-state index in [1.54, 1.807) is 30.6 Å². The fraction of sp³-hybridized carbons (Fsp3) is 0.263. The van der Waals surface area contributed by atoms with Crippen LogP contribution in [0.25, 0.3) is 5.57 Å². The van der Waals surface area contributed by atoms with E-state index in [9.17, 15) is 0 Å². The third-order valence-electron chi connectivity index (χ3n) is 4.06. The van der Waals surface area contributed by atoms with E-state index >= 15 is 0 Å². The summed E-state index contributed by atoms with van der Waals surface area (Å²) in [5.74, 6) is 0. The highest BCUT2D eigenvalue weighted by Crippen LogP contribution is 2.38. The Morgan fingerprint density at radius 2 is 1.36 bits per heavy atom. The minimum atomic E-state index is -0.530. The van der Waals surface area contributed by atoms with Crippen molar-refractivity contribution in [3.63, 3.8) is 0 Å². The van der Waals surface area contributed by atoms with Gasteiger partial charge < -0.3 is 4.74 Å². The van der Waals surface area contributed by atoms with Crippen LogP contribution in [0.15, 0.2) is 64.9 Å². The predicted octanol–water partition coefficient (Wildman–Crippen LogP) is 5.71. The van der Waals surface area contributed by atoms with Crippen LogP contribution < -0.4 is 0 Å². The Morgan fingerprint density at radius 3 is 1.77 bits per heavy atom. The molecule has 0 bridgehead atoms. The zero-order valence-electron chi connectivity index (χ0n) is 13.6. The van der Waals surface area contributed by atoms with Crippen LogP contribution in [0, 0.1) is 0 Å². The van der Waals surface area contributed by atoms with Crippen LogP contribution in [0.3, 0.4) is 0 Å². The van der Waals surface area contributed by atoms with Gasteiger partial charge in [-0.15, -0.1) is 23.5 Å². The van der Waals surface area contributed by atoms with Crippen molar-refractivity contribution in [3.8, 4) is 0 Å². The fourth-order valence-corrected chi connectivity index (χ4v) is 3.21. The summed E-state index contributed by atoms with van der Waals surface area (Å²) in [5.41, 5.74) is 2.67. The zero-order chi connectivity index (χ0) is 16.2. The number of benzene rings is 2. The Morgan fingerprint density at radius 1 is 0.909 bits per heavy atom. The highest BCUT2D eigenvalue weighted by atomic mass is 32.2. The maximum absolute atomic E-state index is 5.86. The van der Waals surface area contributed by atoms with Crippen LogP contribution in [0.5, 0.6) is 0 Å². The van der Waals surface area contributed by atoms with E-state index in [2.05, 4.69) is 74.5 Å². The molecule has 3 heteroatoms. The molecule has 22 heavy (non-hydrogen) atoms. The minimum Gasteiger partial charge on any atom is -0.369 e. The average Bonchev–Trinajstić information content (AvgIpc) is 2.60. The van der Waals surface area contributed by atoms with E-state index in [4.69, 9.17) is 4.74 Å². The highest BCUT2D eigenvalue weighted by Gasteiger charge is 2.30. The van der Waals surface area contributed by atoms with Crippen molar-refractivity contribution in [1.82, 2.24) is 0 Å². The van der Waals surface area contributed by atoms with Crippen molar-refractivity contribution in [1.29, 1.82) is 0 Å². The molecule has 0 aliphatic carbocycles. The number of ether oxygens (including phenoxy) is 1. The Bertz CT molecular complexity index is 631. The SMILES string of the molecule is C=C(c1ccc(SC)cc1)C(C)(OC)c1ccc(SC)cc1. The van der Waals surface area contributed by atoms with Gasteiger partial charge in [0, 0.05) is 16.9 Å². The standard InChI is InChI=1S/C19H22OS2/c1-14(15-6-10-17(21-4)11-7-15)19(2,20-3)16-8-12-18(22-5)13-9-16/h6-13H,1H2,2-5H3. The normalized spacial score (nSPS) is 13.6. The molecule has 2 aromatic carbocycles. The lowest BCUT2D eigenvalue weighted by Crippen LogP contribution is -2.25. The summed E-state index contributed by atoms with van der Waals surface area (Å²) >= 11 is 3.48. The molecule has 0 fully saturated rings. The maximum Gasteiger partial charge on any atom is 0.115 e. The minimum absolute atomic E-state index is 0.530. The number of rotatable bonds is 6. The summed E-state index contributed by atoms with van der Waals surface area (Å²) in [5, 5.41) is 0. The van der Waals surface area contributed by atoms with Gasteiger partial charge in [-0.25, -0.2) is 0 Å². The summed E-state index contributed by atoms with van der Waals surface area (Å²) in [4.78, 5) is 2.50. The molecule has 0 aromatic heterocycles. The fourth-order valence-electron chi connectivity index (χ4n) is 2.39. The Hall–Kier alpha value is -1.16. The van der Waals surface area contributed by atoms with Crippen LogP contribution in [0.4, 0.5) is 0 Å². The first kappa shape index (κ1) is 17.2. The smallest absolute Gasteiger partial charge is 0.115 e. The van der Waals surface area contributed by atoms with Crippen molar-refractivity contribution in [2.24, 2.45) is 0 Å². The lowest BCUT2D eigenvalue weighted by Gasteiger charge is -2.31. The van der Waals surface area contributed by atoms with Crippen LogP contribution >= 0.6 is 23.5 Å². The van der Waals surface area contributed by atoms with Gasteiger partial charge in [0.25, 0.3) is 0 Å².